The lowest BCUT2D eigenvalue weighted by molar-refractivity contribution is 0.579. The lowest BCUT2D eigenvalue weighted by Gasteiger charge is -2.09. The predicted octanol–water partition coefficient (Wildman–Crippen LogP) is 3.34. The number of nitrogens with zero attached hydrogens (tertiary/aromatic N) is 3. The molecule has 0 radical (unpaired) electrons. The van der Waals surface area contributed by atoms with Crippen molar-refractivity contribution in [1.82, 2.24) is 20.5 Å². The molecule has 0 unspecified atom stereocenters. The van der Waals surface area contributed by atoms with Crippen molar-refractivity contribution in [2.45, 2.75) is 19.9 Å². The molecule has 1 aromatic carbocycles. The molecule has 6 nitrogen and oxygen atoms in total. The van der Waals surface area contributed by atoms with Gasteiger partial charge < -0.3 is 9.73 Å². The van der Waals surface area contributed by atoms with Crippen molar-refractivity contribution >= 4 is 23.5 Å². The lowest BCUT2D eigenvalue weighted by atomic mass is 10.2. The number of hydrazone groups is 1. The number of rotatable bonds is 5. The Morgan fingerprint density at radius 3 is 2.72 bits per heavy atom. The Balaban J connectivity index is 1.87. The van der Waals surface area contributed by atoms with E-state index < -0.39 is 0 Å². The van der Waals surface area contributed by atoms with Gasteiger partial charge >= 0.3 is 0 Å². The van der Waals surface area contributed by atoms with Crippen LogP contribution in [0.25, 0.3) is 17.1 Å². The quantitative estimate of drug-likeness (QED) is 0.418. The number of para-hydroxylation sites is 1. The number of furan rings is 1. The van der Waals surface area contributed by atoms with Crippen molar-refractivity contribution in [3.05, 3.63) is 60.5 Å². The summed E-state index contributed by atoms with van der Waals surface area (Å²) in [6, 6.07) is 13.8. The molecular formula is C18H19N5OS. The fraction of sp³-hybridized carbons (Fsp3) is 0.167. The second-order valence-corrected chi connectivity index (χ2v) is 6.10. The molecule has 0 bridgehead atoms. The summed E-state index contributed by atoms with van der Waals surface area (Å²) >= 11 is 5.16. The monoisotopic (exact) mass is 353 g/mol. The molecule has 0 atom stereocenters. The van der Waals surface area contributed by atoms with E-state index in [-0.39, 0.29) is 6.04 Å². The van der Waals surface area contributed by atoms with E-state index in [4.69, 9.17) is 16.6 Å². The molecule has 25 heavy (non-hydrogen) atoms. The van der Waals surface area contributed by atoms with Crippen LogP contribution in [-0.4, -0.2) is 27.1 Å². The van der Waals surface area contributed by atoms with Crippen molar-refractivity contribution < 1.29 is 4.42 Å². The summed E-state index contributed by atoms with van der Waals surface area (Å²) in [6.07, 6.45) is 5.20. The molecule has 2 N–H and O–H groups in total. The van der Waals surface area contributed by atoms with Gasteiger partial charge in [-0.25, -0.2) is 4.68 Å². The molecular weight excluding hydrogens is 334 g/mol. The average Bonchev–Trinajstić information content (AvgIpc) is 3.24. The number of thiocarbonyl (C=S) groups is 1. The summed E-state index contributed by atoms with van der Waals surface area (Å²) in [4.78, 5) is 0. The largest absolute Gasteiger partial charge is 0.463 e. The smallest absolute Gasteiger partial charge is 0.187 e. The number of benzene rings is 1. The zero-order valence-electron chi connectivity index (χ0n) is 14.0. The fourth-order valence-electron chi connectivity index (χ4n) is 2.25. The number of hydrogen-bond acceptors (Lipinski definition) is 4. The average molecular weight is 353 g/mol. The van der Waals surface area contributed by atoms with E-state index in [2.05, 4.69) is 20.9 Å². The van der Waals surface area contributed by atoms with Crippen LogP contribution in [0.5, 0.6) is 0 Å². The van der Waals surface area contributed by atoms with Crippen LogP contribution < -0.4 is 10.7 Å². The highest BCUT2D eigenvalue weighted by molar-refractivity contribution is 7.80. The summed E-state index contributed by atoms with van der Waals surface area (Å²) in [7, 11) is 0. The Bertz CT molecular complexity index is 853. The van der Waals surface area contributed by atoms with Crippen LogP contribution in [0, 0.1) is 0 Å². The topological polar surface area (TPSA) is 67.4 Å². The summed E-state index contributed by atoms with van der Waals surface area (Å²) < 4.78 is 7.29. The van der Waals surface area contributed by atoms with Gasteiger partial charge in [0.25, 0.3) is 0 Å². The fourth-order valence-corrected chi connectivity index (χ4v) is 2.54. The van der Waals surface area contributed by atoms with E-state index in [1.54, 1.807) is 17.2 Å². The molecule has 7 heteroatoms. The van der Waals surface area contributed by atoms with Crippen molar-refractivity contribution in [1.29, 1.82) is 0 Å². The highest BCUT2D eigenvalue weighted by atomic mass is 32.1. The lowest BCUT2D eigenvalue weighted by Crippen LogP contribution is -2.36. The highest BCUT2D eigenvalue weighted by Gasteiger charge is 2.13. The van der Waals surface area contributed by atoms with E-state index in [1.807, 2.05) is 62.5 Å². The Hall–Kier alpha value is -2.93. The van der Waals surface area contributed by atoms with Crippen molar-refractivity contribution in [3.8, 4) is 17.1 Å². The van der Waals surface area contributed by atoms with E-state index in [1.165, 1.54) is 0 Å². The summed E-state index contributed by atoms with van der Waals surface area (Å²) in [6.45, 7) is 4.02. The van der Waals surface area contributed by atoms with Crippen LogP contribution in [-0.2, 0) is 0 Å². The normalized spacial score (nSPS) is 11.2. The van der Waals surface area contributed by atoms with Gasteiger partial charge in [0.1, 0.15) is 5.69 Å². The zero-order valence-corrected chi connectivity index (χ0v) is 14.8. The van der Waals surface area contributed by atoms with Crippen LogP contribution in [0.4, 0.5) is 0 Å². The Labute approximate surface area is 151 Å². The van der Waals surface area contributed by atoms with Crippen molar-refractivity contribution in [2.24, 2.45) is 5.10 Å². The number of hydrogen-bond donors (Lipinski definition) is 2. The van der Waals surface area contributed by atoms with Crippen LogP contribution >= 0.6 is 12.2 Å². The molecule has 0 saturated carbocycles. The molecule has 2 heterocycles. The maximum atomic E-state index is 5.49. The first-order valence-corrected chi connectivity index (χ1v) is 8.33. The third-order valence-corrected chi connectivity index (χ3v) is 3.52. The minimum Gasteiger partial charge on any atom is -0.463 e. The van der Waals surface area contributed by atoms with E-state index >= 15 is 0 Å². The van der Waals surface area contributed by atoms with Crippen LogP contribution in [0.1, 0.15) is 19.4 Å². The standard InChI is InChI=1S/C18H19N5OS/c1-13(2)20-18(25)21-19-11-14-12-23(15-7-4-3-5-8-15)22-17(14)16-9-6-10-24-16/h3-13H,1-2H3,(H2,20,21,25)/b19-11-. The summed E-state index contributed by atoms with van der Waals surface area (Å²) in [5.41, 5.74) is 5.29. The van der Waals surface area contributed by atoms with Gasteiger partial charge in [0.05, 0.1) is 18.2 Å². The third-order valence-electron chi connectivity index (χ3n) is 3.31. The van der Waals surface area contributed by atoms with E-state index in [0.29, 0.717) is 16.6 Å². The molecule has 0 aliphatic carbocycles. The van der Waals surface area contributed by atoms with Gasteiger partial charge in [0.15, 0.2) is 10.9 Å². The highest BCUT2D eigenvalue weighted by Crippen LogP contribution is 2.22. The van der Waals surface area contributed by atoms with Gasteiger partial charge in [-0.3, -0.25) is 5.43 Å². The second-order valence-electron chi connectivity index (χ2n) is 5.69. The molecule has 0 amide bonds. The minimum atomic E-state index is 0.245. The second kappa shape index (κ2) is 7.76. The molecule has 3 rings (SSSR count). The zero-order chi connectivity index (χ0) is 17.6. The minimum absolute atomic E-state index is 0.245. The third kappa shape index (κ3) is 4.33. The Kier molecular flexibility index (Phi) is 5.25. The maximum Gasteiger partial charge on any atom is 0.187 e. The molecule has 0 aliphatic heterocycles. The van der Waals surface area contributed by atoms with E-state index in [0.717, 1.165) is 11.3 Å². The van der Waals surface area contributed by atoms with Crippen LogP contribution in [0.2, 0.25) is 0 Å². The van der Waals surface area contributed by atoms with Gasteiger partial charge in [-0.1, -0.05) is 18.2 Å². The molecule has 0 saturated heterocycles. The van der Waals surface area contributed by atoms with Gasteiger partial charge in [-0.05, 0) is 50.3 Å². The molecule has 3 aromatic rings. The van der Waals surface area contributed by atoms with Gasteiger partial charge in [0, 0.05) is 17.8 Å². The summed E-state index contributed by atoms with van der Waals surface area (Å²) in [5.74, 6) is 0.680. The number of aromatic nitrogens is 2. The molecule has 0 aliphatic rings. The molecule has 2 aromatic heterocycles. The first-order valence-electron chi connectivity index (χ1n) is 7.92. The van der Waals surface area contributed by atoms with Gasteiger partial charge in [-0.15, -0.1) is 0 Å². The molecule has 128 valence electrons. The van der Waals surface area contributed by atoms with E-state index in [9.17, 15) is 0 Å². The molecule has 0 fully saturated rings. The first-order chi connectivity index (χ1) is 12.1. The van der Waals surface area contributed by atoms with Gasteiger partial charge in [0.2, 0.25) is 0 Å². The van der Waals surface area contributed by atoms with Crippen molar-refractivity contribution in [2.75, 3.05) is 0 Å². The number of nitrogens with one attached hydrogen (secondary N) is 2. The van der Waals surface area contributed by atoms with Crippen LogP contribution in [0.3, 0.4) is 0 Å². The maximum absolute atomic E-state index is 5.49. The Morgan fingerprint density at radius 2 is 2.04 bits per heavy atom. The summed E-state index contributed by atoms with van der Waals surface area (Å²) in [5, 5.41) is 12.4. The SMILES string of the molecule is CC(C)NC(=S)N/N=C\c1cn(-c2ccccc2)nc1-c1ccco1. The molecule has 0 spiro atoms. The van der Waals surface area contributed by atoms with Gasteiger partial charge in [-0.2, -0.15) is 10.2 Å². The first kappa shape index (κ1) is 16.9. The predicted molar refractivity (Wildman–Crippen MR) is 103 cm³/mol. The van der Waals surface area contributed by atoms with Crippen molar-refractivity contribution in [3.63, 3.8) is 0 Å². The Morgan fingerprint density at radius 1 is 1.24 bits per heavy atom. The van der Waals surface area contributed by atoms with Crippen LogP contribution in [0.15, 0.2) is 64.4 Å².